The second-order valence-corrected chi connectivity index (χ2v) is 9.76. The van der Waals surface area contributed by atoms with Crippen LogP contribution in [0.1, 0.15) is 23.2 Å². The molecule has 1 aliphatic carbocycles. The van der Waals surface area contributed by atoms with Crippen molar-refractivity contribution < 1.29 is 9.53 Å². The van der Waals surface area contributed by atoms with Crippen molar-refractivity contribution in [3.05, 3.63) is 71.7 Å². The molecular weight excluding hydrogens is 446 g/mol. The van der Waals surface area contributed by atoms with Crippen molar-refractivity contribution in [3.8, 4) is 11.4 Å². The van der Waals surface area contributed by atoms with Gasteiger partial charge in [0.1, 0.15) is 5.75 Å². The maximum atomic E-state index is 11.7. The van der Waals surface area contributed by atoms with Gasteiger partial charge in [0.15, 0.2) is 0 Å². The highest BCUT2D eigenvalue weighted by Crippen LogP contribution is 2.32. The van der Waals surface area contributed by atoms with E-state index < -0.39 is 0 Å². The Morgan fingerprint density at radius 3 is 3.09 bits per heavy atom. The second kappa shape index (κ2) is 8.77. The number of pyridine rings is 1. The summed E-state index contributed by atoms with van der Waals surface area (Å²) in [5, 5.41) is 12.6. The SMILES string of the molecule is COc1ccc2nccc(-n3cc4c(n3)CCC(NCc3ccc5c(c3)NC(=O)CS5)C4)c2c1. The molecule has 4 aromatic rings. The fourth-order valence-electron chi connectivity index (χ4n) is 4.74. The zero-order valence-electron chi connectivity index (χ0n) is 18.9. The Morgan fingerprint density at radius 2 is 2.18 bits per heavy atom. The van der Waals surface area contributed by atoms with Crippen LogP contribution in [0, 0.1) is 0 Å². The summed E-state index contributed by atoms with van der Waals surface area (Å²) in [6, 6.07) is 14.6. The van der Waals surface area contributed by atoms with Crippen LogP contribution in [0.4, 0.5) is 5.69 Å². The molecule has 1 atom stereocenters. The highest BCUT2D eigenvalue weighted by atomic mass is 32.2. The van der Waals surface area contributed by atoms with Crippen LogP contribution in [0.5, 0.6) is 5.75 Å². The van der Waals surface area contributed by atoms with Crippen molar-refractivity contribution in [2.75, 3.05) is 18.2 Å². The molecule has 1 aliphatic heterocycles. The number of nitrogens with zero attached hydrogens (tertiary/aromatic N) is 3. The van der Waals surface area contributed by atoms with Crippen LogP contribution in [-0.4, -0.2) is 39.6 Å². The van der Waals surface area contributed by atoms with Crippen LogP contribution >= 0.6 is 11.8 Å². The van der Waals surface area contributed by atoms with Gasteiger partial charge < -0.3 is 15.4 Å². The third-order valence-electron chi connectivity index (χ3n) is 6.52. The maximum absolute atomic E-state index is 11.7. The number of aryl methyl sites for hydroxylation is 1. The molecular formula is C26H25N5O2S. The predicted molar refractivity (Wildman–Crippen MR) is 134 cm³/mol. The second-order valence-electron chi connectivity index (χ2n) is 8.75. The quantitative estimate of drug-likeness (QED) is 0.456. The van der Waals surface area contributed by atoms with Gasteiger partial charge in [0.2, 0.25) is 5.91 Å². The predicted octanol–water partition coefficient (Wildman–Crippen LogP) is 4.12. The lowest BCUT2D eigenvalue weighted by Gasteiger charge is -2.23. The number of ether oxygens (including phenoxy) is 1. The van der Waals surface area contributed by atoms with Crippen molar-refractivity contribution >= 4 is 34.3 Å². The number of fused-ring (bicyclic) bond motifs is 3. The van der Waals surface area contributed by atoms with Crippen LogP contribution in [0.25, 0.3) is 16.6 Å². The number of nitrogens with one attached hydrogen (secondary N) is 2. The summed E-state index contributed by atoms with van der Waals surface area (Å²) in [7, 11) is 1.68. The topological polar surface area (TPSA) is 81.1 Å². The van der Waals surface area contributed by atoms with E-state index in [0.717, 1.165) is 58.7 Å². The van der Waals surface area contributed by atoms with Gasteiger partial charge in [0.25, 0.3) is 0 Å². The van der Waals surface area contributed by atoms with E-state index in [0.29, 0.717) is 11.8 Å². The van der Waals surface area contributed by atoms with Crippen molar-refractivity contribution in [3.63, 3.8) is 0 Å². The fourth-order valence-corrected chi connectivity index (χ4v) is 5.53. The minimum Gasteiger partial charge on any atom is -0.497 e. The van der Waals surface area contributed by atoms with Gasteiger partial charge in [-0.3, -0.25) is 9.78 Å². The van der Waals surface area contributed by atoms with E-state index in [1.807, 2.05) is 35.1 Å². The van der Waals surface area contributed by atoms with E-state index in [1.54, 1.807) is 18.9 Å². The number of thioether (sulfide) groups is 1. The number of anilines is 1. The molecule has 8 heteroatoms. The summed E-state index contributed by atoms with van der Waals surface area (Å²) in [5.41, 5.74) is 6.49. The molecule has 2 N–H and O–H groups in total. The minimum atomic E-state index is 0.0693. The Bertz CT molecular complexity index is 1400. The monoisotopic (exact) mass is 471 g/mol. The Kier molecular flexibility index (Phi) is 5.47. The molecule has 1 unspecified atom stereocenters. The number of carbonyl (C=O) groups excluding carboxylic acids is 1. The summed E-state index contributed by atoms with van der Waals surface area (Å²) in [4.78, 5) is 17.3. The molecule has 34 heavy (non-hydrogen) atoms. The first-order valence-corrected chi connectivity index (χ1v) is 12.4. The van der Waals surface area contributed by atoms with Gasteiger partial charge in [-0.15, -0.1) is 11.8 Å². The molecule has 0 bridgehead atoms. The van der Waals surface area contributed by atoms with E-state index >= 15 is 0 Å². The summed E-state index contributed by atoms with van der Waals surface area (Å²) < 4.78 is 7.41. The lowest BCUT2D eigenvalue weighted by Crippen LogP contribution is -2.33. The Balaban J connectivity index is 1.18. The maximum Gasteiger partial charge on any atom is 0.234 e. The lowest BCUT2D eigenvalue weighted by atomic mass is 9.93. The Hall–Kier alpha value is -3.36. The molecule has 0 saturated heterocycles. The molecule has 7 nitrogen and oxygen atoms in total. The van der Waals surface area contributed by atoms with Crippen molar-refractivity contribution in [2.45, 2.75) is 36.7 Å². The van der Waals surface area contributed by atoms with Gasteiger partial charge in [0.05, 0.1) is 35.4 Å². The van der Waals surface area contributed by atoms with E-state index in [4.69, 9.17) is 9.84 Å². The average Bonchev–Trinajstić information content (AvgIpc) is 3.29. The van der Waals surface area contributed by atoms with E-state index in [9.17, 15) is 4.79 Å². The molecule has 0 radical (unpaired) electrons. The summed E-state index contributed by atoms with van der Waals surface area (Å²) in [6.07, 6.45) is 6.92. The van der Waals surface area contributed by atoms with Crippen molar-refractivity contribution in [1.82, 2.24) is 20.1 Å². The minimum absolute atomic E-state index is 0.0693. The number of aromatic nitrogens is 3. The van der Waals surface area contributed by atoms with Crippen LogP contribution < -0.4 is 15.4 Å². The molecule has 3 heterocycles. The molecule has 2 aliphatic rings. The molecule has 0 saturated carbocycles. The van der Waals surface area contributed by atoms with E-state index in [2.05, 4.69) is 40.0 Å². The standard InChI is InChI=1S/C26H25N5O2S/c1-33-19-4-6-22-20(12-19)24(8-9-27-22)31-14-17-11-18(3-5-21(17)30-31)28-13-16-2-7-25-23(10-16)29-26(32)15-34-25/h2,4,6-10,12,14,18,28H,3,5,11,13,15H2,1H3,(H,29,32). The highest BCUT2D eigenvalue weighted by Gasteiger charge is 2.23. The molecule has 0 fully saturated rings. The normalized spacial score (nSPS) is 17.2. The number of rotatable bonds is 5. The summed E-state index contributed by atoms with van der Waals surface area (Å²) in [6.45, 7) is 0.775. The molecule has 2 aromatic heterocycles. The van der Waals surface area contributed by atoms with Gasteiger partial charge >= 0.3 is 0 Å². The zero-order chi connectivity index (χ0) is 23.1. The first kappa shape index (κ1) is 21.2. The molecule has 6 rings (SSSR count). The number of hydrogen-bond donors (Lipinski definition) is 2. The van der Waals surface area contributed by atoms with Crippen LogP contribution in [0.15, 0.2) is 59.8 Å². The number of carbonyl (C=O) groups is 1. The number of amides is 1. The summed E-state index contributed by atoms with van der Waals surface area (Å²) in [5.74, 6) is 1.37. The number of hydrogen-bond acceptors (Lipinski definition) is 6. The first-order chi connectivity index (χ1) is 16.7. The third kappa shape index (κ3) is 4.03. The Labute approximate surface area is 201 Å². The van der Waals surface area contributed by atoms with Gasteiger partial charge in [-0.05, 0) is 66.8 Å². The van der Waals surface area contributed by atoms with E-state index in [1.165, 1.54) is 16.8 Å². The highest BCUT2D eigenvalue weighted by molar-refractivity contribution is 8.00. The van der Waals surface area contributed by atoms with Gasteiger partial charge in [-0.25, -0.2) is 4.68 Å². The van der Waals surface area contributed by atoms with Crippen molar-refractivity contribution in [2.24, 2.45) is 0 Å². The largest absolute Gasteiger partial charge is 0.497 e. The van der Waals surface area contributed by atoms with Gasteiger partial charge in [-0.1, -0.05) is 6.07 Å². The molecule has 172 valence electrons. The van der Waals surface area contributed by atoms with Crippen LogP contribution in [0.3, 0.4) is 0 Å². The third-order valence-corrected chi connectivity index (χ3v) is 7.59. The average molecular weight is 472 g/mol. The summed E-state index contributed by atoms with van der Waals surface area (Å²) >= 11 is 1.59. The van der Waals surface area contributed by atoms with Gasteiger partial charge in [-0.2, -0.15) is 5.10 Å². The first-order valence-electron chi connectivity index (χ1n) is 11.5. The van der Waals surface area contributed by atoms with E-state index in [-0.39, 0.29) is 5.91 Å². The van der Waals surface area contributed by atoms with Crippen LogP contribution in [0.2, 0.25) is 0 Å². The smallest absolute Gasteiger partial charge is 0.234 e. The number of methoxy groups -OCH3 is 1. The molecule has 0 spiro atoms. The van der Waals surface area contributed by atoms with Crippen LogP contribution in [-0.2, 0) is 24.2 Å². The van der Waals surface area contributed by atoms with Crippen molar-refractivity contribution in [1.29, 1.82) is 0 Å². The molecule has 2 aromatic carbocycles. The number of benzene rings is 2. The van der Waals surface area contributed by atoms with Gasteiger partial charge in [0, 0.05) is 35.3 Å². The zero-order valence-corrected chi connectivity index (χ0v) is 19.7. The lowest BCUT2D eigenvalue weighted by molar-refractivity contribution is -0.113. The molecule has 1 amide bonds. The Morgan fingerprint density at radius 1 is 1.24 bits per heavy atom. The fraction of sp³-hybridized carbons (Fsp3) is 0.269.